The minimum Gasteiger partial charge on any atom is -0.485 e. The monoisotopic (exact) mass is 252 g/mol. The van der Waals surface area contributed by atoms with E-state index in [1.165, 1.54) is 22.3 Å². The van der Waals surface area contributed by atoms with Crippen LogP contribution in [0, 0.1) is 6.61 Å². The molecule has 0 atom stereocenters. The molecule has 97 valence electrons. The van der Waals surface area contributed by atoms with Gasteiger partial charge in [-0.3, -0.25) is 0 Å². The van der Waals surface area contributed by atoms with E-state index in [9.17, 15) is 0 Å². The Labute approximate surface area is 114 Å². The second-order valence-corrected chi connectivity index (χ2v) is 4.84. The van der Waals surface area contributed by atoms with Crippen molar-refractivity contribution in [3.63, 3.8) is 0 Å². The van der Waals surface area contributed by atoms with Gasteiger partial charge in [0.25, 0.3) is 0 Å². The zero-order chi connectivity index (χ0) is 13.2. The van der Waals surface area contributed by atoms with E-state index in [1.54, 1.807) is 0 Å². The Morgan fingerprint density at radius 2 is 2.00 bits per heavy atom. The summed E-state index contributed by atoms with van der Waals surface area (Å²) in [6, 6.07) is 12.8. The first-order valence-electron chi connectivity index (χ1n) is 6.76. The third-order valence-electron chi connectivity index (χ3n) is 3.67. The Balaban J connectivity index is 2.21. The van der Waals surface area contributed by atoms with E-state index in [1.807, 2.05) is 12.7 Å². The van der Waals surface area contributed by atoms with Gasteiger partial charge in [-0.2, -0.15) is 0 Å². The van der Waals surface area contributed by atoms with Crippen molar-refractivity contribution in [3.05, 3.63) is 59.7 Å². The second kappa shape index (κ2) is 5.06. The summed E-state index contributed by atoms with van der Waals surface area (Å²) >= 11 is 0. The maximum absolute atomic E-state index is 5.86. The van der Waals surface area contributed by atoms with Crippen molar-refractivity contribution in [3.8, 4) is 16.9 Å². The number of aryl methyl sites for hydroxylation is 1. The van der Waals surface area contributed by atoms with Crippen LogP contribution in [0.1, 0.15) is 23.6 Å². The zero-order valence-corrected chi connectivity index (χ0v) is 11.1. The van der Waals surface area contributed by atoms with Crippen LogP contribution in [0.5, 0.6) is 5.75 Å². The van der Waals surface area contributed by atoms with Crippen LogP contribution in [0.4, 0.5) is 0 Å². The topological polar surface area (TPSA) is 35.2 Å². The van der Waals surface area contributed by atoms with Gasteiger partial charge < -0.3 is 10.5 Å². The highest BCUT2D eigenvalue weighted by Gasteiger charge is 2.20. The number of rotatable bonds is 3. The molecule has 2 aromatic rings. The lowest BCUT2D eigenvalue weighted by molar-refractivity contribution is 0.436. The summed E-state index contributed by atoms with van der Waals surface area (Å²) in [5.41, 5.74) is 12.0. The molecule has 0 spiro atoms. The molecule has 0 aliphatic carbocycles. The molecule has 0 unspecified atom stereocenters. The first kappa shape index (κ1) is 12.2. The SMILES string of the molecule is CCc1cc2c(c(-c3ccccc3CN)c1)O[CH]C2. The van der Waals surface area contributed by atoms with Crippen molar-refractivity contribution in [1.29, 1.82) is 0 Å². The van der Waals surface area contributed by atoms with E-state index in [0.29, 0.717) is 6.54 Å². The van der Waals surface area contributed by atoms with Crippen LogP contribution < -0.4 is 10.5 Å². The lowest BCUT2D eigenvalue weighted by Gasteiger charge is -2.13. The summed E-state index contributed by atoms with van der Waals surface area (Å²) < 4.78 is 5.72. The van der Waals surface area contributed by atoms with Crippen molar-refractivity contribution in [2.75, 3.05) is 0 Å². The fourth-order valence-electron chi connectivity index (χ4n) is 2.63. The molecule has 0 fully saturated rings. The second-order valence-electron chi connectivity index (χ2n) is 4.84. The van der Waals surface area contributed by atoms with Crippen LogP contribution in [0.2, 0.25) is 0 Å². The largest absolute Gasteiger partial charge is 0.485 e. The van der Waals surface area contributed by atoms with Crippen molar-refractivity contribution >= 4 is 0 Å². The number of fused-ring (bicyclic) bond motifs is 1. The molecule has 0 saturated heterocycles. The van der Waals surface area contributed by atoms with E-state index in [2.05, 4.69) is 37.3 Å². The van der Waals surface area contributed by atoms with Gasteiger partial charge in [0.1, 0.15) is 12.4 Å². The predicted molar refractivity (Wildman–Crippen MR) is 77.8 cm³/mol. The van der Waals surface area contributed by atoms with Crippen molar-refractivity contribution in [2.45, 2.75) is 26.3 Å². The summed E-state index contributed by atoms with van der Waals surface area (Å²) in [6.07, 6.45) is 1.92. The maximum Gasteiger partial charge on any atom is 0.140 e. The minimum absolute atomic E-state index is 0.547. The number of ether oxygens (including phenoxy) is 1. The number of hydrogen-bond donors (Lipinski definition) is 1. The fraction of sp³-hybridized carbons (Fsp3) is 0.235. The van der Waals surface area contributed by atoms with Gasteiger partial charge in [0.2, 0.25) is 0 Å². The Morgan fingerprint density at radius 3 is 2.79 bits per heavy atom. The highest BCUT2D eigenvalue weighted by molar-refractivity contribution is 5.76. The normalized spacial score (nSPS) is 13.2. The smallest absolute Gasteiger partial charge is 0.140 e. The lowest BCUT2D eigenvalue weighted by atomic mass is 9.94. The first-order chi connectivity index (χ1) is 9.33. The average molecular weight is 252 g/mol. The molecule has 0 saturated carbocycles. The van der Waals surface area contributed by atoms with Crippen LogP contribution in [-0.4, -0.2) is 0 Å². The number of nitrogens with two attached hydrogens (primary N) is 1. The van der Waals surface area contributed by atoms with E-state index in [4.69, 9.17) is 10.5 Å². The average Bonchev–Trinajstić information content (AvgIpc) is 2.94. The van der Waals surface area contributed by atoms with Gasteiger partial charge in [-0.15, -0.1) is 0 Å². The van der Waals surface area contributed by atoms with E-state index < -0.39 is 0 Å². The molecule has 1 radical (unpaired) electrons. The molecular formula is C17H18NO. The van der Waals surface area contributed by atoms with Gasteiger partial charge in [-0.05, 0) is 34.7 Å². The molecule has 2 aromatic carbocycles. The molecule has 1 aliphatic heterocycles. The number of benzene rings is 2. The van der Waals surface area contributed by atoms with Crippen molar-refractivity contribution in [1.82, 2.24) is 0 Å². The highest BCUT2D eigenvalue weighted by atomic mass is 16.5. The molecule has 2 nitrogen and oxygen atoms in total. The maximum atomic E-state index is 5.86. The van der Waals surface area contributed by atoms with Crippen LogP contribution in [0.15, 0.2) is 36.4 Å². The highest BCUT2D eigenvalue weighted by Crippen LogP contribution is 2.40. The summed E-state index contributed by atoms with van der Waals surface area (Å²) in [6.45, 7) is 4.60. The molecule has 1 aliphatic rings. The quantitative estimate of drug-likeness (QED) is 0.907. The first-order valence-corrected chi connectivity index (χ1v) is 6.76. The molecule has 19 heavy (non-hydrogen) atoms. The van der Waals surface area contributed by atoms with Crippen LogP contribution >= 0.6 is 0 Å². The molecule has 3 rings (SSSR count). The van der Waals surface area contributed by atoms with E-state index >= 15 is 0 Å². The van der Waals surface area contributed by atoms with E-state index in [0.717, 1.165) is 24.2 Å². The van der Waals surface area contributed by atoms with Gasteiger partial charge in [-0.25, -0.2) is 0 Å². The lowest BCUT2D eigenvalue weighted by Crippen LogP contribution is -1.99. The van der Waals surface area contributed by atoms with Gasteiger partial charge in [-0.1, -0.05) is 37.3 Å². The number of hydrogen-bond acceptors (Lipinski definition) is 2. The predicted octanol–water partition coefficient (Wildman–Crippen LogP) is 3.47. The van der Waals surface area contributed by atoms with Gasteiger partial charge in [0, 0.05) is 18.5 Å². The van der Waals surface area contributed by atoms with Crippen molar-refractivity contribution < 1.29 is 4.74 Å². The molecule has 2 heteroatoms. The fourth-order valence-corrected chi connectivity index (χ4v) is 2.63. The van der Waals surface area contributed by atoms with Gasteiger partial charge in [0.15, 0.2) is 0 Å². The van der Waals surface area contributed by atoms with Crippen LogP contribution in [0.3, 0.4) is 0 Å². The molecular weight excluding hydrogens is 234 g/mol. The van der Waals surface area contributed by atoms with Gasteiger partial charge >= 0.3 is 0 Å². The van der Waals surface area contributed by atoms with E-state index in [-0.39, 0.29) is 0 Å². The van der Waals surface area contributed by atoms with Gasteiger partial charge in [0.05, 0.1) is 0 Å². The van der Waals surface area contributed by atoms with Crippen molar-refractivity contribution in [2.24, 2.45) is 5.73 Å². The Kier molecular flexibility index (Phi) is 3.26. The third-order valence-corrected chi connectivity index (χ3v) is 3.67. The summed E-state index contributed by atoms with van der Waals surface area (Å²) in [4.78, 5) is 0. The summed E-state index contributed by atoms with van der Waals surface area (Å²) in [5, 5.41) is 0. The molecule has 2 N–H and O–H groups in total. The molecule has 0 aromatic heterocycles. The van der Waals surface area contributed by atoms with Crippen LogP contribution in [0.25, 0.3) is 11.1 Å². The van der Waals surface area contributed by atoms with Crippen LogP contribution in [-0.2, 0) is 19.4 Å². The third kappa shape index (κ3) is 2.13. The molecule has 1 heterocycles. The standard InChI is InChI=1S/C17H18NO/c1-2-12-9-13-7-8-19-17(13)16(10-12)15-6-4-3-5-14(15)11-18/h3-6,8-10H,2,7,11,18H2,1H3. The summed E-state index contributed by atoms with van der Waals surface area (Å²) in [5.74, 6) is 0.998. The molecule has 0 bridgehead atoms. The summed E-state index contributed by atoms with van der Waals surface area (Å²) in [7, 11) is 0. The Morgan fingerprint density at radius 1 is 1.16 bits per heavy atom. The molecule has 0 amide bonds. The minimum atomic E-state index is 0.547. The Hall–Kier alpha value is -1.80. The zero-order valence-electron chi connectivity index (χ0n) is 11.1. The Bertz CT molecular complexity index is 604.